The van der Waals surface area contributed by atoms with Crippen LogP contribution in [0.3, 0.4) is 0 Å². The average Bonchev–Trinajstić information content (AvgIpc) is 2.87. The van der Waals surface area contributed by atoms with E-state index in [1.165, 1.54) is 12.8 Å². The third-order valence-corrected chi connectivity index (χ3v) is 3.34. The summed E-state index contributed by atoms with van der Waals surface area (Å²) in [5.74, 6) is 1.63. The monoisotopic (exact) mass is 170 g/mol. The maximum absolute atomic E-state index is 5.81. The van der Waals surface area contributed by atoms with Gasteiger partial charge in [0.15, 0.2) is 0 Å². The van der Waals surface area contributed by atoms with Crippen LogP contribution in [0.5, 0.6) is 0 Å². The quantitative estimate of drug-likeness (QED) is 0.538. The summed E-state index contributed by atoms with van der Waals surface area (Å²) in [5, 5.41) is 0. The van der Waals surface area contributed by atoms with Crippen LogP contribution in [-0.4, -0.2) is 32.2 Å². The Morgan fingerprint density at radius 1 is 1.17 bits per heavy atom. The summed E-state index contributed by atoms with van der Waals surface area (Å²) in [7, 11) is 0. The minimum atomic E-state index is -0.0544. The summed E-state index contributed by atoms with van der Waals surface area (Å²) < 4.78 is 16.4. The Labute approximate surface area is 72.0 Å². The first-order chi connectivity index (χ1) is 5.91. The molecular formula is C9H14O3. The number of fused-ring (bicyclic) bond motifs is 2. The van der Waals surface area contributed by atoms with Crippen LogP contribution in [0.25, 0.3) is 0 Å². The molecule has 1 spiro atoms. The van der Waals surface area contributed by atoms with Crippen LogP contribution in [0.1, 0.15) is 12.8 Å². The van der Waals surface area contributed by atoms with Crippen molar-refractivity contribution in [2.75, 3.05) is 26.6 Å². The first kappa shape index (κ1) is 7.30. The number of rotatable bonds is 0. The van der Waals surface area contributed by atoms with Crippen molar-refractivity contribution in [3.05, 3.63) is 0 Å². The molecular weight excluding hydrogens is 156 g/mol. The fraction of sp³-hybridized carbons (Fsp3) is 1.00. The molecule has 3 fully saturated rings. The summed E-state index contributed by atoms with van der Waals surface area (Å²) in [6, 6.07) is 0. The van der Waals surface area contributed by atoms with E-state index >= 15 is 0 Å². The highest BCUT2D eigenvalue weighted by atomic mass is 16.7. The van der Waals surface area contributed by atoms with Crippen molar-refractivity contribution >= 4 is 0 Å². The Bertz CT molecular complexity index is 181. The van der Waals surface area contributed by atoms with Crippen molar-refractivity contribution in [2.45, 2.75) is 18.4 Å². The molecule has 0 N–H and O–H groups in total. The second kappa shape index (κ2) is 2.44. The fourth-order valence-electron chi connectivity index (χ4n) is 2.56. The van der Waals surface area contributed by atoms with Crippen LogP contribution in [0.15, 0.2) is 0 Å². The molecule has 1 aliphatic carbocycles. The van der Waals surface area contributed by atoms with E-state index in [-0.39, 0.29) is 5.60 Å². The molecule has 0 amide bonds. The van der Waals surface area contributed by atoms with Crippen LogP contribution in [0.4, 0.5) is 0 Å². The van der Waals surface area contributed by atoms with E-state index in [4.69, 9.17) is 14.2 Å². The van der Waals surface area contributed by atoms with Crippen LogP contribution in [-0.2, 0) is 14.2 Å². The summed E-state index contributed by atoms with van der Waals surface area (Å²) in [6.45, 7) is 2.83. The Kier molecular flexibility index (Phi) is 1.48. The van der Waals surface area contributed by atoms with Gasteiger partial charge in [-0.3, -0.25) is 0 Å². The van der Waals surface area contributed by atoms with E-state index in [1.54, 1.807) is 0 Å². The Hall–Kier alpha value is -0.120. The van der Waals surface area contributed by atoms with Gasteiger partial charge in [-0.25, -0.2) is 0 Å². The highest BCUT2D eigenvalue weighted by Crippen LogP contribution is 2.53. The third-order valence-electron chi connectivity index (χ3n) is 3.34. The second-order valence-corrected chi connectivity index (χ2v) is 4.12. The number of hydrogen-bond acceptors (Lipinski definition) is 3. The SMILES string of the molecule is C1OCC2(CO1)OCCC1CC12. The molecule has 2 saturated heterocycles. The lowest BCUT2D eigenvalue weighted by atomic mass is 9.94. The van der Waals surface area contributed by atoms with Crippen LogP contribution < -0.4 is 0 Å². The smallest absolute Gasteiger partial charge is 0.147 e. The predicted octanol–water partition coefficient (Wildman–Crippen LogP) is 0.786. The van der Waals surface area contributed by atoms with Gasteiger partial charge in [0, 0.05) is 6.61 Å². The Morgan fingerprint density at radius 2 is 2.00 bits per heavy atom. The standard InChI is InChI=1S/C9H14O3/c1-2-12-9(8-3-7(1)8)4-10-6-11-5-9/h7-8H,1-6H2. The summed E-state index contributed by atoms with van der Waals surface area (Å²) in [4.78, 5) is 0. The van der Waals surface area contributed by atoms with Gasteiger partial charge in [0.2, 0.25) is 0 Å². The highest BCUT2D eigenvalue weighted by molar-refractivity contribution is 5.05. The molecule has 0 aromatic heterocycles. The van der Waals surface area contributed by atoms with Gasteiger partial charge in [-0.05, 0) is 24.7 Å². The normalized spacial score (nSPS) is 44.0. The van der Waals surface area contributed by atoms with Gasteiger partial charge in [-0.2, -0.15) is 0 Å². The fourth-order valence-corrected chi connectivity index (χ4v) is 2.56. The molecule has 12 heavy (non-hydrogen) atoms. The molecule has 0 radical (unpaired) electrons. The molecule has 2 aliphatic heterocycles. The van der Waals surface area contributed by atoms with Crippen molar-refractivity contribution in [1.29, 1.82) is 0 Å². The molecule has 68 valence electrons. The minimum absolute atomic E-state index is 0.0544. The largest absolute Gasteiger partial charge is 0.370 e. The van der Waals surface area contributed by atoms with Crippen molar-refractivity contribution < 1.29 is 14.2 Å². The lowest BCUT2D eigenvalue weighted by Gasteiger charge is -2.39. The van der Waals surface area contributed by atoms with Crippen LogP contribution in [0.2, 0.25) is 0 Å². The topological polar surface area (TPSA) is 27.7 Å². The van der Waals surface area contributed by atoms with Gasteiger partial charge in [0.25, 0.3) is 0 Å². The molecule has 2 atom stereocenters. The lowest BCUT2D eigenvalue weighted by Crippen LogP contribution is -2.50. The molecule has 0 bridgehead atoms. The zero-order valence-corrected chi connectivity index (χ0v) is 7.12. The summed E-state index contributed by atoms with van der Waals surface area (Å²) in [6.07, 6.45) is 2.57. The second-order valence-electron chi connectivity index (χ2n) is 4.12. The molecule has 3 heteroatoms. The predicted molar refractivity (Wildman–Crippen MR) is 41.7 cm³/mol. The van der Waals surface area contributed by atoms with E-state index in [0.717, 1.165) is 31.7 Å². The van der Waals surface area contributed by atoms with E-state index in [9.17, 15) is 0 Å². The van der Waals surface area contributed by atoms with Crippen molar-refractivity contribution in [1.82, 2.24) is 0 Å². The third kappa shape index (κ3) is 0.934. The maximum atomic E-state index is 5.81. The van der Waals surface area contributed by atoms with Gasteiger partial charge >= 0.3 is 0 Å². The molecule has 1 saturated carbocycles. The molecule has 3 rings (SSSR count). The van der Waals surface area contributed by atoms with Crippen molar-refractivity contribution in [3.8, 4) is 0 Å². The van der Waals surface area contributed by atoms with Gasteiger partial charge < -0.3 is 14.2 Å². The zero-order valence-electron chi connectivity index (χ0n) is 7.12. The Morgan fingerprint density at radius 3 is 2.83 bits per heavy atom. The van der Waals surface area contributed by atoms with Crippen molar-refractivity contribution in [3.63, 3.8) is 0 Å². The average molecular weight is 170 g/mol. The first-order valence-corrected chi connectivity index (χ1v) is 4.70. The summed E-state index contributed by atoms with van der Waals surface area (Å²) in [5.41, 5.74) is -0.0544. The minimum Gasteiger partial charge on any atom is -0.370 e. The molecule has 3 aliphatic rings. The van der Waals surface area contributed by atoms with E-state index < -0.39 is 0 Å². The van der Waals surface area contributed by atoms with Gasteiger partial charge in [-0.1, -0.05) is 0 Å². The maximum Gasteiger partial charge on any atom is 0.147 e. The van der Waals surface area contributed by atoms with Gasteiger partial charge in [-0.15, -0.1) is 0 Å². The van der Waals surface area contributed by atoms with E-state index in [0.29, 0.717) is 6.79 Å². The zero-order chi connectivity index (χ0) is 8.02. The van der Waals surface area contributed by atoms with Gasteiger partial charge in [0.1, 0.15) is 12.4 Å². The first-order valence-electron chi connectivity index (χ1n) is 4.70. The molecule has 0 aromatic carbocycles. The molecule has 3 nitrogen and oxygen atoms in total. The lowest BCUT2D eigenvalue weighted by molar-refractivity contribution is -0.237. The van der Waals surface area contributed by atoms with E-state index in [2.05, 4.69) is 0 Å². The van der Waals surface area contributed by atoms with E-state index in [1.807, 2.05) is 0 Å². The highest BCUT2D eigenvalue weighted by Gasteiger charge is 2.57. The molecule has 2 unspecified atom stereocenters. The molecule has 0 aromatic rings. The van der Waals surface area contributed by atoms with Gasteiger partial charge in [0.05, 0.1) is 13.2 Å². The van der Waals surface area contributed by atoms with Crippen LogP contribution >= 0.6 is 0 Å². The van der Waals surface area contributed by atoms with Crippen molar-refractivity contribution in [2.24, 2.45) is 11.8 Å². The summed E-state index contributed by atoms with van der Waals surface area (Å²) >= 11 is 0. The van der Waals surface area contributed by atoms with Crippen LogP contribution in [0, 0.1) is 11.8 Å². The Balaban J connectivity index is 1.78. The molecule has 2 heterocycles. The number of hydrogen-bond donors (Lipinski definition) is 0. The number of ether oxygens (including phenoxy) is 3.